The summed E-state index contributed by atoms with van der Waals surface area (Å²) in [6.45, 7) is 3.78. The van der Waals surface area contributed by atoms with Gasteiger partial charge in [0.25, 0.3) is 0 Å². The molecule has 0 N–H and O–H groups in total. The minimum atomic E-state index is -3.66. The Bertz CT molecular complexity index is 280. The van der Waals surface area contributed by atoms with Crippen molar-refractivity contribution < 1.29 is 18.1 Å². The molecule has 7 heteroatoms. The first-order valence-corrected chi connectivity index (χ1v) is 7.50. The van der Waals surface area contributed by atoms with Crippen LogP contribution in [0, 0.1) is 4.91 Å². The fourth-order valence-electron chi connectivity index (χ4n) is 1.92. The molecule has 6 nitrogen and oxygen atoms in total. The normalized spacial score (nSPS) is 20.1. The molecule has 0 amide bonds. The molecule has 0 aliphatic heterocycles. The predicted molar refractivity (Wildman–Crippen MR) is 63.6 cm³/mol. The van der Waals surface area contributed by atoms with E-state index in [1.165, 1.54) is 0 Å². The van der Waals surface area contributed by atoms with E-state index in [4.69, 9.17) is 13.6 Å². The maximum absolute atomic E-state index is 12.2. The van der Waals surface area contributed by atoms with E-state index in [1.807, 2.05) is 0 Å². The first kappa shape index (κ1) is 14.8. The zero-order valence-corrected chi connectivity index (χ0v) is 11.3. The molecule has 100 valence electrons. The quantitative estimate of drug-likeness (QED) is 0.519. The lowest BCUT2D eigenvalue weighted by atomic mass is 9.93. The van der Waals surface area contributed by atoms with E-state index in [2.05, 4.69) is 5.18 Å². The first-order chi connectivity index (χ1) is 8.10. The molecule has 0 radical (unpaired) electrons. The molecule has 0 saturated heterocycles. The van der Waals surface area contributed by atoms with Crippen molar-refractivity contribution in [3.63, 3.8) is 0 Å². The molecule has 0 bridgehead atoms. The second kappa shape index (κ2) is 6.59. The van der Waals surface area contributed by atoms with Gasteiger partial charge in [-0.1, -0.05) is 6.42 Å². The zero-order chi connectivity index (χ0) is 12.8. The minimum absolute atomic E-state index is 0.201. The van der Waals surface area contributed by atoms with Crippen molar-refractivity contribution in [3.8, 4) is 0 Å². The van der Waals surface area contributed by atoms with Gasteiger partial charge in [-0.25, -0.2) is 4.57 Å². The minimum Gasteiger partial charge on any atom is -0.287 e. The molecule has 0 spiro atoms. The second-order valence-corrected chi connectivity index (χ2v) is 5.57. The van der Waals surface area contributed by atoms with Crippen LogP contribution in [0.15, 0.2) is 5.18 Å². The Labute approximate surface area is 102 Å². The van der Waals surface area contributed by atoms with Gasteiger partial charge >= 0.3 is 7.82 Å². The monoisotopic (exact) mass is 265 g/mol. The molecule has 17 heavy (non-hydrogen) atoms. The Morgan fingerprint density at radius 2 is 1.65 bits per heavy atom. The Hall–Kier alpha value is -0.290. The Kier molecular flexibility index (Phi) is 5.73. The molecule has 1 aliphatic carbocycles. The molecule has 0 aromatic rings. The van der Waals surface area contributed by atoms with Crippen LogP contribution in [0.1, 0.15) is 46.0 Å². The highest BCUT2D eigenvalue weighted by Crippen LogP contribution is 2.55. The van der Waals surface area contributed by atoms with Crippen LogP contribution in [-0.4, -0.2) is 18.9 Å². The van der Waals surface area contributed by atoms with Crippen LogP contribution in [0.2, 0.25) is 0 Å². The summed E-state index contributed by atoms with van der Waals surface area (Å²) in [6, 6.07) is 0. The van der Waals surface area contributed by atoms with Crippen molar-refractivity contribution in [2.75, 3.05) is 13.2 Å². The molecule has 0 unspecified atom stereocenters. The molecule has 1 fully saturated rings. The number of hydrogen-bond donors (Lipinski definition) is 0. The molecule has 0 aromatic heterocycles. The summed E-state index contributed by atoms with van der Waals surface area (Å²) in [5.41, 5.74) is -1.24. The number of phosphoric ester groups is 1. The highest BCUT2D eigenvalue weighted by atomic mass is 31.2. The third-order valence-corrected chi connectivity index (χ3v) is 4.37. The van der Waals surface area contributed by atoms with Crippen LogP contribution in [0.25, 0.3) is 0 Å². The van der Waals surface area contributed by atoms with E-state index in [9.17, 15) is 9.47 Å². The van der Waals surface area contributed by atoms with Gasteiger partial charge in [0.1, 0.15) is 0 Å². The maximum Gasteiger partial charge on any atom is 0.477 e. The topological polar surface area (TPSA) is 74.2 Å². The van der Waals surface area contributed by atoms with Crippen LogP contribution >= 0.6 is 7.82 Å². The van der Waals surface area contributed by atoms with E-state index in [0.29, 0.717) is 12.8 Å². The van der Waals surface area contributed by atoms with Crippen molar-refractivity contribution in [1.29, 1.82) is 0 Å². The average molecular weight is 265 g/mol. The summed E-state index contributed by atoms with van der Waals surface area (Å²) < 4.78 is 27.5. The molecule has 1 saturated carbocycles. The lowest BCUT2D eigenvalue weighted by Crippen LogP contribution is -2.32. The molecule has 0 atom stereocenters. The number of phosphoric acid groups is 1. The van der Waals surface area contributed by atoms with Crippen molar-refractivity contribution in [3.05, 3.63) is 4.91 Å². The van der Waals surface area contributed by atoms with Crippen LogP contribution in [-0.2, 0) is 18.1 Å². The fourth-order valence-corrected chi connectivity index (χ4v) is 3.36. The summed E-state index contributed by atoms with van der Waals surface area (Å²) in [5.74, 6) is 0. The third kappa shape index (κ3) is 4.14. The number of nitrogens with zero attached hydrogens (tertiary/aromatic N) is 1. The van der Waals surface area contributed by atoms with Gasteiger partial charge in [-0.2, -0.15) is 0 Å². The number of nitroso groups, excluding NO2 is 1. The van der Waals surface area contributed by atoms with Gasteiger partial charge in [0.2, 0.25) is 5.72 Å². The van der Waals surface area contributed by atoms with Crippen LogP contribution in [0.3, 0.4) is 0 Å². The number of hydrogen-bond acceptors (Lipinski definition) is 6. The van der Waals surface area contributed by atoms with Gasteiger partial charge in [-0.05, 0) is 31.9 Å². The van der Waals surface area contributed by atoms with Gasteiger partial charge in [0, 0.05) is 12.8 Å². The van der Waals surface area contributed by atoms with Crippen LogP contribution in [0.5, 0.6) is 0 Å². The SMILES string of the molecule is CCOP(=O)(OCC)OC1(N=O)CCCCC1. The standard InChI is InChI=1S/C10H20NO5P/c1-3-14-17(13,15-4-2)16-10(11-12)8-6-5-7-9-10/h3-9H2,1-2H3. The highest BCUT2D eigenvalue weighted by Gasteiger charge is 2.43. The van der Waals surface area contributed by atoms with E-state index < -0.39 is 13.5 Å². The predicted octanol–water partition coefficient (Wildman–Crippen LogP) is 3.61. The Morgan fingerprint density at radius 3 is 2.06 bits per heavy atom. The summed E-state index contributed by atoms with van der Waals surface area (Å²) in [6.07, 6.45) is 3.66. The van der Waals surface area contributed by atoms with Gasteiger partial charge in [-0.15, -0.1) is 4.91 Å². The summed E-state index contributed by atoms with van der Waals surface area (Å²) >= 11 is 0. The lowest BCUT2D eigenvalue weighted by molar-refractivity contribution is -0.00883. The molecular weight excluding hydrogens is 245 g/mol. The summed E-state index contributed by atoms with van der Waals surface area (Å²) in [5, 5.41) is 3.02. The van der Waals surface area contributed by atoms with Crippen molar-refractivity contribution in [1.82, 2.24) is 0 Å². The zero-order valence-electron chi connectivity index (χ0n) is 10.4. The smallest absolute Gasteiger partial charge is 0.287 e. The van der Waals surface area contributed by atoms with Crippen molar-refractivity contribution >= 4 is 7.82 Å². The molecular formula is C10H20NO5P. The van der Waals surface area contributed by atoms with Crippen LogP contribution < -0.4 is 0 Å². The van der Waals surface area contributed by atoms with E-state index in [0.717, 1.165) is 19.3 Å². The molecule has 1 aliphatic rings. The fraction of sp³-hybridized carbons (Fsp3) is 1.00. The number of rotatable bonds is 7. The van der Waals surface area contributed by atoms with Crippen molar-refractivity contribution in [2.24, 2.45) is 5.18 Å². The molecule has 0 heterocycles. The van der Waals surface area contributed by atoms with Gasteiger partial charge in [-0.3, -0.25) is 13.6 Å². The Morgan fingerprint density at radius 1 is 1.12 bits per heavy atom. The molecule has 1 rings (SSSR count). The van der Waals surface area contributed by atoms with Gasteiger partial charge in [0.15, 0.2) is 0 Å². The van der Waals surface area contributed by atoms with E-state index in [1.54, 1.807) is 13.8 Å². The average Bonchev–Trinajstić information content (AvgIpc) is 2.30. The molecule has 0 aromatic carbocycles. The summed E-state index contributed by atoms with van der Waals surface area (Å²) in [7, 11) is -3.66. The largest absolute Gasteiger partial charge is 0.477 e. The summed E-state index contributed by atoms with van der Waals surface area (Å²) in [4.78, 5) is 11.0. The van der Waals surface area contributed by atoms with Gasteiger partial charge in [0.05, 0.1) is 13.2 Å². The highest BCUT2D eigenvalue weighted by molar-refractivity contribution is 7.48. The van der Waals surface area contributed by atoms with Crippen LogP contribution in [0.4, 0.5) is 0 Å². The van der Waals surface area contributed by atoms with E-state index in [-0.39, 0.29) is 13.2 Å². The van der Waals surface area contributed by atoms with Gasteiger partial charge < -0.3 is 0 Å². The first-order valence-electron chi connectivity index (χ1n) is 6.04. The second-order valence-electron chi connectivity index (χ2n) is 3.97. The Balaban J connectivity index is 2.75. The lowest BCUT2D eigenvalue weighted by Gasteiger charge is -2.32. The maximum atomic E-state index is 12.2. The third-order valence-electron chi connectivity index (χ3n) is 2.66. The van der Waals surface area contributed by atoms with Crippen molar-refractivity contribution in [2.45, 2.75) is 51.7 Å². The van der Waals surface area contributed by atoms with E-state index >= 15 is 0 Å².